The van der Waals surface area contributed by atoms with Crippen LogP contribution in [0.1, 0.15) is 5.69 Å². The van der Waals surface area contributed by atoms with Crippen molar-refractivity contribution in [2.75, 3.05) is 4.72 Å². The normalized spacial score (nSPS) is 11.7. The highest BCUT2D eigenvalue weighted by atomic mass is 32.2. The monoisotopic (exact) mass is 318 g/mol. The maximum atomic E-state index is 12.3. The molecule has 0 bridgehead atoms. The van der Waals surface area contributed by atoms with Crippen molar-refractivity contribution in [1.29, 1.82) is 0 Å². The average Bonchev–Trinajstić information content (AvgIpc) is 2.77. The van der Waals surface area contributed by atoms with Gasteiger partial charge in [-0.3, -0.25) is 4.72 Å². The molecular weight excluding hydrogens is 304 g/mol. The van der Waals surface area contributed by atoms with Crippen LogP contribution in [0.4, 0.5) is 5.69 Å². The zero-order valence-corrected chi connectivity index (χ0v) is 12.5. The summed E-state index contributed by atoms with van der Waals surface area (Å²) in [5.41, 5.74) is 2.28. The zero-order valence-electron chi connectivity index (χ0n) is 11.7. The molecule has 114 valence electrons. The number of sulfonamides is 1. The highest BCUT2D eigenvalue weighted by molar-refractivity contribution is 7.92. The van der Waals surface area contributed by atoms with E-state index in [0.29, 0.717) is 5.69 Å². The maximum Gasteiger partial charge on any atom is 0.265 e. The Hall–Kier alpha value is -2.67. The fraction of sp³-hybridized carbons (Fsp3) is 0.0667. The molecule has 0 spiro atoms. The Morgan fingerprint density at radius 2 is 1.82 bits per heavy atom. The van der Waals surface area contributed by atoms with Gasteiger partial charge in [0.1, 0.15) is 16.4 Å². The molecule has 0 atom stereocenters. The minimum atomic E-state index is -3.94. The van der Waals surface area contributed by atoms with Crippen molar-refractivity contribution < 1.29 is 18.6 Å². The van der Waals surface area contributed by atoms with Gasteiger partial charge in [0, 0.05) is 28.4 Å². The largest absolute Gasteiger partial charge is 0.508 e. The van der Waals surface area contributed by atoms with Crippen molar-refractivity contribution in [3.05, 3.63) is 48.2 Å². The molecule has 7 heteroatoms. The van der Waals surface area contributed by atoms with Crippen LogP contribution in [0, 0.1) is 6.92 Å². The fourth-order valence-electron chi connectivity index (χ4n) is 2.28. The molecule has 22 heavy (non-hydrogen) atoms. The lowest BCUT2D eigenvalue weighted by Gasteiger charge is -2.09. The molecule has 0 radical (unpaired) electrons. The Balaban J connectivity index is 1.98. The van der Waals surface area contributed by atoms with Crippen molar-refractivity contribution in [1.82, 2.24) is 4.98 Å². The SMILES string of the molecule is Cc1cc2cc(NS(=O)(=O)c3ccc(O)cc3O)ccc2[nH]1. The van der Waals surface area contributed by atoms with E-state index in [0.717, 1.165) is 28.7 Å². The zero-order chi connectivity index (χ0) is 15.9. The van der Waals surface area contributed by atoms with Crippen LogP contribution in [0.2, 0.25) is 0 Å². The molecule has 1 heterocycles. The van der Waals surface area contributed by atoms with Crippen molar-refractivity contribution in [3.63, 3.8) is 0 Å². The molecule has 0 aliphatic carbocycles. The number of rotatable bonds is 3. The van der Waals surface area contributed by atoms with Crippen molar-refractivity contribution in [3.8, 4) is 11.5 Å². The summed E-state index contributed by atoms with van der Waals surface area (Å²) in [7, 11) is -3.94. The van der Waals surface area contributed by atoms with E-state index >= 15 is 0 Å². The Morgan fingerprint density at radius 3 is 2.55 bits per heavy atom. The molecule has 0 amide bonds. The third-order valence-corrected chi connectivity index (χ3v) is 4.67. The molecule has 6 nitrogen and oxygen atoms in total. The van der Waals surface area contributed by atoms with Crippen LogP contribution in [0.25, 0.3) is 10.9 Å². The quantitative estimate of drug-likeness (QED) is 0.596. The van der Waals surface area contributed by atoms with E-state index in [1.165, 1.54) is 6.07 Å². The summed E-state index contributed by atoms with van der Waals surface area (Å²) >= 11 is 0. The first-order valence-corrected chi connectivity index (χ1v) is 7.98. The van der Waals surface area contributed by atoms with Gasteiger partial charge in [-0.25, -0.2) is 8.42 Å². The van der Waals surface area contributed by atoms with Crippen LogP contribution in [0.3, 0.4) is 0 Å². The van der Waals surface area contributed by atoms with Crippen LogP contribution in [0.15, 0.2) is 47.4 Å². The molecule has 0 unspecified atom stereocenters. The topological polar surface area (TPSA) is 102 Å². The number of phenolic OH excluding ortho intramolecular Hbond substituents is 2. The molecule has 0 aliphatic rings. The van der Waals surface area contributed by atoms with E-state index in [4.69, 9.17) is 0 Å². The molecule has 3 aromatic rings. The summed E-state index contributed by atoms with van der Waals surface area (Å²) in [6.45, 7) is 1.92. The number of fused-ring (bicyclic) bond motifs is 1. The van der Waals surface area contributed by atoms with Gasteiger partial charge < -0.3 is 15.2 Å². The van der Waals surface area contributed by atoms with Crippen molar-refractivity contribution >= 4 is 26.6 Å². The van der Waals surface area contributed by atoms with Gasteiger partial charge in [-0.15, -0.1) is 0 Å². The van der Waals surface area contributed by atoms with E-state index < -0.39 is 15.8 Å². The average molecular weight is 318 g/mol. The summed E-state index contributed by atoms with van der Waals surface area (Å²) in [5, 5.41) is 19.8. The second-order valence-electron chi connectivity index (χ2n) is 5.01. The molecule has 0 fully saturated rings. The first-order chi connectivity index (χ1) is 10.3. The number of nitrogens with one attached hydrogen (secondary N) is 2. The summed E-state index contributed by atoms with van der Waals surface area (Å²) < 4.78 is 27.0. The van der Waals surface area contributed by atoms with Gasteiger partial charge >= 0.3 is 0 Å². The number of hydrogen-bond acceptors (Lipinski definition) is 4. The summed E-state index contributed by atoms with van der Waals surface area (Å²) in [6, 6.07) is 10.3. The number of phenols is 2. The highest BCUT2D eigenvalue weighted by Gasteiger charge is 2.19. The Morgan fingerprint density at radius 1 is 1.05 bits per heavy atom. The maximum absolute atomic E-state index is 12.3. The minimum Gasteiger partial charge on any atom is -0.508 e. The van der Waals surface area contributed by atoms with Gasteiger partial charge in [0.25, 0.3) is 10.0 Å². The molecule has 1 aromatic heterocycles. The van der Waals surface area contributed by atoms with E-state index in [9.17, 15) is 18.6 Å². The van der Waals surface area contributed by atoms with E-state index in [1.807, 2.05) is 13.0 Å². The lowest BCUT2D eigenvalue weighted by atomic mass is 10.2. The summed E-state index contributed by atoms with van der Waals surface area (Å²) in [4.78, 5) is 2.85. The van der Waals surface area contributed by atoms with Crippen LogP contribution < -0.4 is 4.72 Å². The summed E-state index contributed by atoms with van der Waals surface area (Å²) in [5.74, 6) is -0.716. The van der Waals surface area contributed by atoms with Crippen molar-refractivity contribution in [2.45, 2.75) is 11.8 Å². The Kier molecular flexibility index (Phi) is 3.22. The number of benzene rings is 2. The smallest absolute Gasteiger partial charge is 0.265 e. The minimum absolute atomic E-state index is 0.208. The van der Waals surface area contributed by atoms with Crippen LogP contribution in [-0.2, 0) is 10.0 Å². The predicted octanol–water partition coefficient (Wildman–Crippen LogP) is 2.69. The first kappa shape index (κ1) is 14.3. The molecule has 0 aliphatic heterocycles. The predicted molar refractivity (Wildman–Crippen MR) is 83.6 cm³/mol. The lowest BCUT2D eigenvalue weighted by molar-refractivity contribution is 0.440. The lowest BCUT2D eigenvalue weighted by Crippen LogP contribution is -2.13. The van der Waals surface area contributed by atoms with Gasteiger partial charge in [0.2, 0.25) is 0 Å². The fourth-order valence-corrected chi connectivity index (χ4v) is 3.41. The second kappa shape index (κ2) is 4.96. The number of aryl methyl sites for hydroxylation is 1. The number of H-pyrrole nitrogens is 1. The number of hydrogen-bond donors (Lipinski definition) is 4. The second-order valence-corrected chi connectivity index (χ2v) is 6.66. The Labute approximate surface area is 127 Å². The molecule has 4 N–H and O–H groups in total. The Bertz CT molecular complexity index is 961. The first-order valence-electron chi connectivity index (χ1n) is 6.49. The van der Waals surface area contributed by atoms with E-state index in [-0.39, 0.29) is 10.6 Å². The highest BCUT2D eigenvalue weighted by Crippen LogP contribution is 2.29. The van der Waals surface area contributed by atoms with Crippen molar-refractivity contribution in [2.24, 2.45) is 0 Å². The third kappa shape index (κ3) is 2.58. The number of anilines is 1. The van der Waals surface area contributed by atoms with Gasteiger partial charge in [-0.05, 0) is 43.3 Å². The standard InChI is InChI=1S/C15H14N2O4S/c1-9-6-10-7-11(2-4-13(10)16-9)17-22(20,21)15-5-3-12(18)8-14(15)19/h2-8,16-19H,1H3. The van der Waals surface area contributed by atoms with Crippen LogP contribution in [-0.4, -0.2) is 23.6 Å². The van der Waals surface area contributed by atoms with Crippen LogP contribution in [0.5, 0.6) is 11.5 Å². The van der Waals surface area contributed by atoms with Crippen LogP contribution >= 0.6 is 0 Å². The third-order valence-electron chi connectivity index (χ3n) is 3.24. The molecule has 0 saturated carbocycles. The van der Waals surface area contributed by atoms with Gasteiger partial charge in [-0.1, -0.05) is 0 Å². The van der Waals surface area contributed by atoms with Gasteiger partial charge in [0.15, 0.2) is 0 Å². The number of aromatic nitrogens is 1. The van der Waals surface area contributed by atoms with E-state index in [2.05, 4.69) is 9.71 Å². The molecule has 0 saturated heterocycles. The van der Waals surface area contributed by atoms with Gasteiger partial charge in [0.05, 0.1) is 0 Å². The summed E-state index contributed by atoms with van der Waals surface area (Å²) in [6.07, 6.45) is 0. The number of aromatic amines is 1. The molecule has 3 rings (SSSR count). The molecule has 2 aromatic carbocycles. The molecular formula is C15H14N2O4S. The van der Waals surface area contributed by atoms with E-state index in [1.54, 1.807) is 18.2 Å². The van der Waals surface area contributed by atoms with Gasteiger partial charge in [-0.2, -0.15) is 0 Å². The number of aromatic hydroxyl groups is 2.